The zero-order valence-corrected chi connectivity index (χ0v) is 12.8. The summed E-state index contributed by atoms with van der Waals surface area (Å²) < 4.78 is 23.8. The lowest BCUT2D eigenvalue weighted by Crippen LogP contribution is -2.47. The van der Waals surface area contributed by atoms with E-state index in [4.69, 9.17) is 0 Å². The van der Waals surface area contributed by atoms with E-state index in [1.54, 1.807) is 18.0 Å². The second kappa shape index (κ2) is 6.00. The lowest BCUT2D eigenvalue weighted by molar-refractivity contribution is 0.584. The summed E-state index contributed by atoms with van der Waals surface area (Å²) in [6, 6.07) is 3.78. The Labute approximate surface area is 118 Å². The summed E-state index contributed by atoms with van der Waals surface area (Å²) in [4.78, 5) is 6.19. The average Bonchev–Trinajstić information content (AvgIpc) is 2.38. The molecule has 0 saturated carbocycles. The van der Waals surface area contributed by atoms with Gasteiger partial charge in [0.05, 0.1) is 0 Å². The van der Waals surface area contributed by atoms with Crippen molar-refractivity contribution < 1.29 is 8.42 Å². The molecule has 0 radical (unpaired) electrons. The van der Waals surface area contributed by atoms with Gasteiger partial charge in [0, 0.05) is 48.8 Å². The minimum atomic E-state index is -3.08. The van der Waals surface area contributed by atoms with Gasteiger partial charge < -0.3 is 10.2 Å². The van der Waals surface area contributed by atoms with Crippen LogP contribution in [0.25, 0.3) is 0 Å². The predicted octanol–water partition coefficient (Wildman–Crippen LogP) is 1.44. The normalized spacial score (nSPS) is 20.3. The Hall–Kier alpha value is -0.950. The minimum Gasteiger partial charge on any atom is -0.370 e. The van der Waals surface area contributed by atoms with Crippen LogP contribution in [0.2, 0.25) is 0 Å². The number of hydrogen-bond donors (Lipinski definition) is 1. The Morgan fingerprint density at radius 3 is 3.05 bits per heavy atom. The van der Waals surface area contributed by atoms with Gasteiger partial charge in [-0.2, -0.15) is 11.8 Å². The molecule has 0 aromatic carbocycles. The molecule has 1 saturated heterocycles. The lowest BCUT2D eigenvalue weighted by atomic mass is 10.3. The van der Waals surface area contributed by atoms with E-state index in [0.29, 0.717) is 5.75 Å². The van der Waals surface area contributed by atoms with Crippen molar-refractivity contribution >= 4 is 33.1 Å². The fraction of sp³-hybridized carbons (Fsp3) is 0.583. The highest BCUT2D eigenvalue weighted by Crippen LogP contribution is 2.27. The van der Waals surface area contributed by atoms with Crippen molar-refractivity contribution in [3.63, 3.8) is 0 Å². The SMILES string of the molecule is CCNc1cc(N2CCSCC2S(C)(=O)=O)ccn1. The molecule has 0 bridgehead atoms. The van der Waals surface area contributed by atoms with E-state index in [1.807, 2.05) is 24.0 Å². The Balaban J connectivity index is 2.29. The zero-order chi connectivity index (χ0) is 13.9. The van der Waals surface area contributed by atoms with Crippen molar-refractivity contribution in [2.45, 2.75) is 12.3 Å². The second-order valence-corrected chi connectivity index (χ2v) is 7.84. The summed E-state index contributed by atoms with van der Waals surface area (Å²) >= 11 is 1.69. The molecule has 1 aromatic rings. The fourth-order valence-electron chi connectivity index (χ4n) is 2.11. The first-order chi connectivity index (χ1) is 9.02. The van der Waals surface area contributed by atoms with Gasteiger partial charge in [-0.25, -0.2) is 13.4 Å². The molecule has 2 rings (SSSR count). The van der Waals surface area contributed by atoms with Crippen molar-refractivity contribution in [1.29, 1.82) is 0 Å². The topological polar surface area (TPSA) is 62.3 Å². The van der Waals surface area contributed by atoms with Crippen molar-refractivity contribution in [2.24, 2.45) is 0 Å². The quantitative estimate of drug-likeness (QED) is 0.908. The highest BCUT2D eigenvalue weighted by Gasteiger charge is 2.31. The number of sulfone groups is 1. The number of nitrogens with zero attached hydrogens (tertiary/aromatic N) is 2. The van der Waals surface area contributed by atoms with E-state index >= 15 is 0 Å². The Kier molecular flexibility index (Phi) is 4.57. The summed E-state index contributed by atoms with van der Waals surface area (Å²) in [5, 5.41) is 2.71. The van der Waals surface area contributed by atoms with E-state index in [2.05, 4.69) is 10.3 Å². The van der Waals surface area contributed by atoms with Gasteiger partial charge in [0.15, 0.2) is 9.84 Å². The van der Waals surface area contributed by atoms with Crippen LogP contribution in [0.3, 0.4) is 0 Å². The Bertz CT molecular complexity index is 534. The standard InChI is InChI=1S/C12H19N3O2S2/c1-3-13-11-8-10(4-5-14-11)15-6-7-18-9-12(15)19(2,16)17/h4-5,8,12H,3,6-7,9H2,1-2H3,(H,13,14). The van der Waals surface area contributed by atoms with Crippen LogP contribution in [-0.4, -0.2) is 49.6 Å². The van der Waals surface area contributed by atoms with E-state index in [0.717, 1.165) is 30.3 Å². The van der Waals surface area contributed by atoms with Gasteiger partial charge in [-0.3, -0.25) is 0 Å². The van der Waals surface area contributed by atoms with Crippen LogP contribution >= 0.6 is 11.8 Å². The molecule has 1 aromatic heterocycles. The van der Waals surface area contributed by atoms with Crippen molar-refractivity contribution in [3.05, 3.63) is 18.3 Å². The van der Waals surface area contributed by atoms with Crippen LogP contribution in [0.5, 0.6) is 0 Å². The first-order valence-corrected chi connectivity index (χ1v) is 9.36. The number of aromatic nitrogens is 1. The largest absolute Gasteiger partial charge is 0.370 e. The highest BCUT2D eigenvalue weighted by atomic mass is 32.2. The molecule has 1 unspecified atom stereocenters. The molecule has 1 fully saturated rings. The molecular formula is C12H19N3O2S2. The fourth-order valence-corrected chi connectivity index (χ4v) is 4.95. The first kappa shape index (κ1) is 14.5. The third-order valence-corrected chi connectivity index (χ3v) is 5.66. The number of nitrogens with one attached hydrogen (secondary N) is 1. The van der Waals surface area contributed by atoms with E-state index in [9.17, 15) is 8.42 Å². The Morgan fingerprint density at radius 1 is 1.58 bits per heavy atom. The van der Waals surface area contributed by atoms with Crippen LogP contribution in [0.1, 0.15) is 6.92 Å². The van der Waals surface area contributed by atoms with Crippen LogP contribution in [0.15, 0.2) is 18.3 Å². The van der Waals surface area contributed by atoms with Crippen LogP contribution in [0, 0.1) is 0 Å². The molecule has 2 heterocycles. The molecule has 1 aliphatic heterocycles. The first-order valence-electron chi connectivity index (χ1n) is 6.25. The smallest absolute Gasteiger partial charge is 0.169 e. The van der Waals surface area contributed by atoms with Crippen molar-refractivity contribution in [3.8, 4) is 0 Å². The monoisotopic (exact) mass is 301 g/mol. The van der Waals surface area contributed by atoms with Gasteiger partial charge >= 0.3 is 0 Å². The number of anilines is 2. The van der Waals surface area contributed by atoms with Crippen LogP contribution in [0.4, 0.5) is 11.5 Å². The molecule has 0 spiro atoms. The number of hydrogen-bond acceptors (Lipinski definition) is 6. The number of thioether (sulfide) groups is 1. The third-order valence-electron chi connectivity index (χ3n) is 3.01. The van der Waals surface area contributed by atoms with Crippen molar-refractivity contribution in [1.82, 2.24) is 4.98 Å². The highest BCUT2D eigenvalue weighted by molar-refractivity contribution is 8.01. The lowest BCUT2D eigenvalue weighted by Gasteiger charge is -2.35. The summed E-state index contributed by atoms with van der Waals surface area (Å²) in [5.74, 6) is 2.35. The number of rotatable bonds is 4. The van der Waals surface area contributed by atoms with E-state index < -0.39 is 15.2 Å². The zero-order valence-electron chi connectivity index (χ0n) is 11.2. The molecule has 0 amide bonds. The average molecular weight is 301 g/mol. The van der Waals surface area contributed by atoms with Crippen molar-refractivity contribution in [2.75, 3.05) is 41.1 Å². The summed E-state index contributed by atoms with van der Waals surface area (Å²) in [6.07, 6.45) is 3.03. The van der Waals surface area contributed by atoms with Crippen LogP contribution in [-0.2, 0) is 9.84 Å². The van der Waals surface area contributed by atoms with Gasteiger partial charge in [-0.1, -0.05) is 0 Å². The molecule has 5 nitrogen and oxygen atoms in total. The molecule has 0 aliphatic carbocycles. The van der Waals surface area contributed by atoms with Gasteiger partial charge in [-0.15, -0.1) is 0 Å². The Morgan fingerprint density at radius 2 is 2.37 bits per heavy atom. The third kappa shape index (κ3) is 3.54. The summed E-state index contributed by atoms with van der Waals surface area (Å²) in [7, 11) is -3.08. The van der Waals surface area contributed by atoms with E-state index in [1.165, 1.54) is 6.26 Å². The van der Waals surface area contributed by atoms with E-state index in [-0.39, 0.29) is 0 Å². The minimum absolute atomic E-state index is 0.442. The molecule has 106 valence electrons. The molecule has 1 atom stereocenters. The van der Waals surface area contributed by atoms with Gasteiger partial charge in [0.1, 0.15) is 11.2 Å². The molecule has 7 heteroatoms. The molecule has 1 aliphatic rings. The maximum absolute atomic E-state index is 11.9. The summed E-state index contributed by atoms with van der Waals surface area (Å²) in [6.45, 7) is 3.55. The summed E-state index contributed by atoms with van der Waals surface area (Å²) in [5.41, 5.74) is 0.918. The van der Waals surface area contributed by atoms with Gasteiger partial charge in [0.2, 0.25) is 0 Å². The molecule has 19 heavy (non-hydrogen) atoms. The predicted molar refractivity (Wildman–Crippen MR) is 81.7 cm³/mol. The van der Waals surface area contributed by atoms with Gasteiger partial charge in [-0.05, 0) is 13.0 Å². The van der Waals surface area contributed by atoms with Crippen LogP contribution < -0.4 is 10.2 Å². The maximum atomic E-state index is 11.9. The molecular weight excluding hydrogens is 282 g/mol. The maximum Gasteiger partial charge on any atom is 0.169 e. The second-order valence-electron chi connectivity index (χ2n) is 4.48. The van der Waals surface area contributed by atoms with Gasteiger partial charge in [0.25, 0.3) is 0 Å². The molecule has 1 N–H and O–H groups in total. The number of pyridine rings is 1.